The molecule has 3 rings (SSSR count). The van der Waals surface area contributed by atoms with E-state index in [1.54, 1.807) is 17.7 Å². The Morgan fingerprint density at radius 1 is 1.04 bits per heavy atom. The minimum absolute atomic E-state index is 0.186. The Balaban J connectivity index is 1.75. The van der Waals surface area contributed by atoms with Crippen LogP contribution >= 0.6 is 12.2 Å². The molecular weight excluding hydrogens is 353 g/mol. The SMILES string of the molecule is CCCCCC1=Cc2ccc(C#Cc3ccc(N=C=S)c(F)c3)cc2CC1. The zero-order valence-electron chi connectivity index (χ0n) is 15.5. The molecule has 0 aliphatic heterocycles. The van der Waals surface area contributed by atoms with Crippen molar-refractivity contribution in [2.75, 3.05) is 0 Å². The van der Waals surface area contributed by atoms with Crippen LogP contribution in [0.25, 0.3) is 6.08 Å². The van der Waals surface area contributed by atoms with Gasteiger partial charge in [-0.2, -0.15) is 4.99 Å². The number of allylic oxidation sites excluding steroid dienone is 1. The first-order chi connectivity index (χ1) is 13.2. The third-order valence-electron chi connectivity index (χ3n) is 4.78. The number of benzene rings is 2. The Hall–Kier alpha value is -2.53. The quantitative estimate of drug-likeness (QED) is 0.240. The minimum atomic E-state index is -0.440. The maximum Gasteiger partial charge on any atom is 0.150 e. The highest BCUT2D eigenvalue weighted by molar-refractivity contribution is 7.78. The fourth-order valence-electron chi connectivity index (χ4n) is 3.30. The van der Waals surface area contributed by atoms with E-state index < -0.39 is 5.82 Å². The molecule has 1 aliphatic carbocycles. The molecule has 0 heterocycles. The number of aryl methyl sites for hydroxylation is 1. The number of aliphatic imine (C=N–C) groups is 1. The highest BCUT2D eigenvalue weighted by Crippen LogP contribution is 2.27. The van der Waals surface area contributed by atoms with E-state index in [1.807, 2.05) is 6.07 Å². The molecule has 0 unspecified atom stereocenters. The van der Waals surface area contributed by atoms with Crippen molar-refractivity contribution in [3.05, 3.63) is 70.0 Å². The van der Waals surface area contributed by atoms with E-state index in [-0.39, 0.29) is 5.69 Å². The maximum absolute atomic E-state index is 13.9. The highest BCUT2D eigenvalue weighted by atomic mass is 32.1. The smallest absolute Gasteiger partial charge is 0.150 e. The van der Waals surface area contributed by atoms with Gasteiger partial charge in [0, 0.05) is 11.1 Å². The predicted octanol–water partition coefficient (Wildman–Crippen LogP) is 6.87. The monoisotopic (exact) mass is 375 g/mol. The van der Waals surface area contributed by atoms with Crippen LogP contribution in [0, 0.1) is 17.7 Å². The van der Waals surface area contributed by atoms with Gasteiger partial charge >= 0.3 is 0 Å². The molecule has 0 saturated carbocycles. The van der Waals surface area contributed by atoms with Crippen LogP contribution in [0.3, 0.4) is 0 Å². The number of hydrogen-bond acceptors (Lipinski definition) is 2. The van der Waals surface area contributed by atoms with Crippen LogP contribution < -0.4 is 0 Å². The Kier molecular flexibility index (Phi) is 6.71. The normalized spacial score (nSPS) is 12.3. The molecule has 0 saturated heterocycles. The molecule has 136 valence electrons. The van der Waals surface area contributed by atoms with Crippen LogP contribution in [0.1, 0.15) is 61.3 Å². The van der Waals surface area contributed by atoms with Gasteiger partial charge in [0.1, 0.15) is 5.69 Å². The van der Waals surface area contributed by atoms with Gasteiger partial charge in [-0.25, -0.2) is 4.39 Å². The van der Waals surface area contributed by atoms with Gasteiger partial charge in [0.2, 0.25) is 0 Å². The second kappa shape index (κ2) is 9.42. The Bertz CT molecular complexity index is 972. The minimum Gasteiger partial charge on any atom is -0.205 e. The summed E-state index contributed by atoms with van der Waals surface area (Å²) in [5, 5.41) is 2.18. The molecule has 0 amide bonds. The van der Waals surface area contributed by atoms with E-state index in [2.05, 4.69) is 59.3 Å². The molecule has 1 nitrogen and oxygen atoms in total. The summed E-state index contributed by atoms with van der Waals surface area (Å²) >= 11 is 4.51. The van der Waals surface area contributed by atoms with Crippen molar-refractivity contribution >= 4 is 29.1 Å². The third-order valence-corrected chi connectivity index (χ3v) is 4.88. The van der Waals surface area contributed by atoms with Crippen molar-refractivity contribution in [1.29, 1.82) is 0 Å². The largest absolute Gasteiger partial charge is 0.205 e. The first-order valence-corrected chi connectivity index (χ1v) is 9.82. The lowest BCUT2D eigenvalue weighted by Crippen LogP contribution is -2.00. The number of isothiocyanates is 1. The van der Waals surface area contributed by atoms with E-state index in [0.717, 1.165) is 18.4 Å². The average molecular weight is 376 g/mol. The van der Waals surface area contributed by atoms with Gasteiger partial charge in [-0.05, 0) is 79.4 Å². The summed E-state index contributed by atoms with van der Waals surface area (Å²) in [5.74, 6) is 5.73. The lowest BCUT2D eigenvalue weighted by atomic mass is 9.89. The van der Waals surface area contributed by atoms with Crippen molar-refractivity contribution in [1.82, 2.24) is 0 Å². The van der Waals surface area contributed by atoms with Gasteiger partial charge in [0.05, 0.1) is 5.16 Å². The van der Waals surface area contributed by atoms with Crippen molar-refractivity contribution in [2.24, 2.45) is 4.99 Å². The van der Waals surface area contributed by atoms with Crippen LogP contribution in [0.5, 0.6) is 0 Å². The number of nitrogens with zero attached hydrogens (tertiary/aromatic N) is 1. The topological polar surface area (TPSA) is 12.4 Å². The molecule has 0 atom stereocenters. The van der Waals surface area contributed by atoms with E-state index in [1.165, 1.54) is 42.9 Å². The summed E-state index contributed by atoms with van der Waals surface area (Å²) in [6.07, 6.45) is 9.62. The van der Waals surface area contributed by atoms with Crippen molar-refractivity contribution < 1.29 is 4.39 Å². The number of fused-ring (bicyclic) bond motifs is 1. The summed E-state index contributed by atoms with van der Waals surface area (Å²) in [6, 6.07) is 11.0. The van der Waals surface area contributed by atoms with Gasteiger partial charge in [-0.3, -0.25) is 0 Å². The van der Waals surface area contributed by atoms with Crippen LogP contribution in [0.4, 0.5) is 10.1 Å². The molecule has 1 aliphatic rings. The van der Waals surface area contributed by atoms with Crippen LogP contribution in [0.15, 0.2) is 47.0 Å². The van der Waals surface area contributed by atoms with Gasteiger partial charge in [-0.15, -0.1) is 0 Å². The number of thiocarbonyl (C=S) groups is 1. The van der Waals surface area contributed by atoms with Gasteiger partial charge in [0.25, 0.3) is 0 Å². The Morgan fingerprint density at radius 3 is 2.56 bits per heavy atom. The number of unbranched alkanes of at least 4 members (excludes halogenated alkanes) is 2. The summed E-state index contributed by atoms with van der Waals surface area (Å²) in [5.41, 5.74) is 5.98. The lowest BCUT2D eigenvalue weighted by molar-refractivity contribution is 0.629. The average Bonchev–Trinajstić information content (AvgIpc) is 2.68. The van der Waals surface area contributed by atoms with Crippen LogP contribution in [-0.4, -0.2) is 5.16 Å². The van der Waals surface area contributed by atoms with E-state index in [4.69, 9.17) is 0 Å². The first kappa shape index (κ1) is 19.2. The summed E-state index contributed by atoms with van der Waals surface area (Å²) in [6.45, 7) is 2.24. The summed E-state index contributed by atoms with van der Waals surface area (Å²) in [7, 11) is 0. The van der Waals surface area contributed by atoms with Crippen molar-refractivity contribution in [3.63, 3.8) is 0 Å². The Morgan fingerprint density at radius 2 is 1.81 bits per heavy atom. The van der Waals surface area contributed by atoms with E-state index in [0.29, 0.717) is 5.56 Å². The molecule has 0 spiro atoms. The first-order valence-electron chi connectivity index (χ1n) is 9.41. The number of hydrogen-bond donors (Lipinski definition) is 0. The molecule has 0 aromatic heterocycles. The Labute approximate surface area is 166 Å². The molecular formula is C24H22FNS. The van der Waals surface area contributed by atoms with Crippen LogP contribution in [-0.2, 0) is 6.42 Å². The predicted molar refractivity (Wildman–Crippen MR) is 114 cm³/mol. The number of halogens is 1. The van der Waals surface area contributed by atoms with Crippen molar-refractivity contribution in [3.8, 4) is 11.8 Å². The fraction of sp³-hybridized carbons (Fsp3) is 0.292. The van der Waals surface area contributed by atoms with Crippen molar-refractivity contribution in [2.45, 2.75) is 45.4 Å². The van der Waals surface area contributed by atoms with E-state index >= 15 is 0 Å². The van der Waals surface area contributed by atoms with E-state index in [9.17, 15) is 4.39 Å². The second-order valence-corrected chi connectivity index (χ2v) is 6.98. The molecule has 2 aromatic rings. The number of rotatable bonds is 5. The maximum atomic E-state index is 13.9. The second-order valence-electron chi connectivity index (χ2n) is 6.79. The molecule has 0 bridgehead atoms. The van der Waals surface area contributed by atoms with Crippen LogP contribution in [0.2, 0.25) is 0 Å². The molecule has 2 aromatic carbocycles. The fourth-order valence-corrected chi connectivity index (χ4v) is 3.39. The summed E-state index contributed by atoms with van der Waals surface area (Å²) < 4.78 is 13.9. The summed E-state index contributed by atoms with van der Waals surface area (Å²) in [4.78, 5) is 3.68. The molecule has 0 fully saturated rings. The van der Waals surface area contributed by atoms with Gasteiger partial charge < -0.3 is 0 Å². The highest BCUT2D eigenvalue weighted by Gasteiger charge is 2.10. The molecule has 27 heavy (non-hydrogen) atoms. The van der Waals surface area contributed by atoms with Gasteiger partial charge in [0.15, 0.2) is 5.82 Å². The van der Waals surface area contributed by atoms with Gasteiger partial charge in [-0.1, -0.05) is 49.3 Å². The zero-order valence-corrected chi connectivity index (χ0v) is 16.3. The zero-order chi connectivity index (χ0) is 19.1. The molecule has 0 N–H and O–H groups in total. The third kappa shape index (κ3) is 5.23. The molecule has 3 heteroatoms. The lowest BCUT2D eigenvalue weighted by Gasteiger charge is -2.16. The molecule has 0 radical (unpaired) electrons. The standard InChI is InChI=1S/C24H22FNS/c1-2-3-4-5-18-8-11-22-15-19(9-12-21(22)14-18)6-7-20-10-13-24(26-17-27)23(25)16-20/h9-10,12-16H,2-5,8,11H2,1H3.